The number of phosphoric acid groups is 1. The van der Waals surface area contributed by atoms with Crippen LogP contribution in [0.3, 0.4) is 0 Å². The predicted molar refractivity (Wildman–Crippen MR) is 217 cm³/mol. The number of hydrogen-bond acceptors (Lipinski definition) is 6. The Labute approximate surface area is 315 Å². The van der Waals surface area contributed by atoms with E-state index >= 15 is 0 Å². The van der Waals surface area contributed by atoms with Gasteiger partial charge in [0.2, 0.25) is 5.91 Å². The van der Waals surface area contributed by atoms with Gasteiger partial charge in [-0.05, 0) is 19.3 Å². The molecule has 0 saturated carbocycles. The van der Waals surface area contributed by atoms with Crippen molar-refractivity contribution >= 4 is 13.7 Å². The van der Waals surface area contributed by atoms with Crippen molar-refractivity contribution in [1.29, 1.82) is 0 Å². The number of amides is 1. The highest BCUT2D eigenvalue weighted by Crippen LogP contribution is 2.43. The highest BCUT2D eigenvalue weighted by molar-refractivity contribution is 7.47. The summed E-state index contributed by atoms with van der Waals surface area (Å²) < 4.78 is 22.1. The highest BCUT2D eigenvalue weighted by Gasteiger charge is 2.26. The van der Waals surface area contributed by atoms with E-state index in [4.69, 9.17) is 14.8 Å². The molecule has 304 valence electrons. The first-order chi connectivity index (χ1) is 24.9. The van der Waals surface area contributed by atoms with Crippen LogP contribution in [0.2, 0.25) is 0 Å². The molecule has 0 aliphatic carbocycles. The number of nitrogens with two attached hydrogens (primary N) is 1. The largest absolute Gasteiger partial charge is 0.472 e. The van der Waals surface area contributed by atoms with Crippen LogP contribution in [0.15, 0.2) is 12.2 Å². The van der Waals surface area contributed by atoms with E-state index in [1.54, 1.807) is 6.08 Å². The number of phosphoric ester groups is 1. The normalized spacial score (nSPS) is 14.2. The Morgan fingerprint density at radius 3 is 1.39 bits per heavy atom. The molecule has 9 heteroatoms. The summed E-state index contributed by atoms with van der Waals surface area (Å²) in [5.41, 5.74) is 5.37. The van der Waals surface area contributed by atoms with Crippen LogP contribution in [-0.2, 0) is 18.4 Å². The second kappa shape index (κ2) is 38.9. The molecule has 1 amide bonds. The Morgan fingerprint density at radius 1 is 0.627 bits per heavy atom. The van der Waals surface area contributed by atoms with Crippen molar-refractivity contribution < 1.29 is 28.4 Å². The smallest absolute Gasteiger partial charge is 0.387 e. The molecule has 0 aromatic rings. The summed E-state index contributed by atoms with van der Waals surface area (Å²) in [6.07, 6.45) is 42.5. The summed E-state index contributed by atoms with van der Waals surface area (Å²) in [4.78, 5) is 22.7. The van der Waals surface area contributed by atoms with E-state index in [1.807, 2.05) is 6.08 Å². The number of aliphatic hydroxyl groups excluding tert-OH is 1. The van der Waals surface area contributed by atoms with Crippen molar-refractivity contribution in [2.75, 3.05) is 19.8 Å². The molecule has 0 fully saturated rings. The van der Waals surface area contributed by atoms with Crippen LogP contribution < -0.4 is 11.1 Å². The number of aliphatic hydroxyl groups is 1. The van der Waals surface area contributed by atoms with Gasteiger partial charge in [0.25, 0.3) is 0 Å². The molecule has 3 unspecified atom stereocenters. The molecular weight excluding hydrogens is 659 g/mol. The first kappa shape index (κ1) is 50.2. The first-order valence-electron chi connectivity index (χ1n) is 21.8. The van der Waals surface area contributed by atoms with Crippen molar-refractivity contribution in [2.45, 2.75) is 231 Å². The molecule has 0 rings (SSSR count). The molecule has 0 aliphatic heterocycles. The van der Waals surface area contributed by atoms with Crippen LogP contribution in [0, 0.1) is 0 Å². The zero-order valence-corrected chi connectivity index (χ0v) is 34.5. The zero-order valence-electron chi connectivity index (χ0n) is 33.6. The number of nitrogens with one attached hydrogen (secondary N) is 1. The molecule has 0 aromatic carbocycles. The van der Waals surface area contributed by atoms with Gasteiger partial charge in [0.05, 0.1) is 25.4 Å². The summed E-state index contributed by atoms with van der Waals surface area (Å²) in [5, 5.41) is 13.7. The molecule has 0 aromatic heterocycles. The van der Waals surface area contributed by atoms with Crippen molar-refractivity contribution in [2.24, 2.45) is 5.73 Å². The first-order valence-corrected chi connectivity index (χ1v) is 23.3. The summed E-state index contributed by atoms with van der Waals surface area (Å²) >= 11 is 0. The van der Waals surface area contributed by atoms with Gasteiger partial charge < -0.3 is 21.1 Å². The Morgan fingerprint density at radius 2 is 1.00 bits per heavy atom. The second-order valence-electron chi connectivity index (χ2n) is 14.9. The molecular formula is C42H85N2O6P. The van der Waals surface area contributed by atoms with Crippen molar-refractivity contribution in [3.05, 3.63) is 12.2 Å². The number of unbranched alkanes of at least 4 members (excludes halogenated alkanes) is 29. The van der Waals surface area contributed by atoms with Gasteiger partial charge in [-0.3, -0.25) is 13.8 Å². The van der Waals surface area contributed by atoms with E-state index in [0.29, 0.717) is 6.42 Å². The lowest BCUT2D eigenvalue weighted by Crippen LogP contribution is -2.45. The minimum absolute atomic E-state index is 0.0813. The van der Waals surface area contributed by atoms with E-state index in [0.717, 1.165) is 38.5 Å². The van der Waals surface area contributed by atoms with Gasteiger partial charge in [-0.15, -0.1) is 0 Å². The fraction of sp³-hybridized carbons (Fsp3) is 0.929. The number of hydrogen-bond donors (Lipinski definition) is 4. The maximum Gasteiger partial charge on any atom is 0.472 e. The Bertz CT molecular complexity index is 814. The SMILES string of the molecule is CCCCCCCCCCCCCCC/C=C/C(O)C(COP(=O)(O)OCCN)NC(=O)CCCCCCCCCCCCCCCCCCC. The van der Waals surface area contributed by atoms with Crippen LogP contribution in [0.1, 0.15) is 219 Å². The van der Waals surface area contributed by atoms with Crippen LogP contribution in [-0.4, -0.2) is 47.8 Å². The molecule has 51 heavy (non-hydrogen) atoms. The standard InChI is InChI=1S/C42H85N2O6P/c1-3-5-7-9-11-13-15-17-19-20-22-24-26-28-30-32-34-36-42(46)44-40(39-50-51(47,48)49-38-37-43)41(45)35-33-31-29-27-25-23-21-18-16-14-12-10-8-6-4-2/h33,35,40-41,45H,3-32,34,36-39,43H2,1-2H3,(H,44,46)(H,47,48)/b35-33+. The molecule has 0 saturated heterocycles. The zero-order chi connectivity index (χ0) is 37.5. The third-order valence-electron chi connectivity index (χ3n) is 9.86. The average molecular weight is 745 g/mol. The lowest BCUT2D eigenvalue weighted by Gasteiger charge is -2.23. The van der Waals surface area contributed by atoms with Crippen LogP contribution in [0.5, 0.6) is 0 Å². The molecule has 5 N–H and O–H groups in total. The minimum Gasteiger partial charge on any atom is -0.387 e. The summed E-state index contributed by atoms with van der Waals surface area (Å²) in [5.74, 6) is -0.191. The van der Waals surface area contributed by atoms with Crippen molar-refractivity contribution in [3.8, 4) is 0 Å². The van der Waals surface area contributed by atoms with Gasteiger partial charge in [0.1, 0.15) is 0 Å². The molecule has 0 heterocycles. The van der Waals surface area contributed by atoms with E-state index in [-0.39, 0.29) is 25.7 Å². The minimum atomic E-state index is -4.33. The molecule has 8 nitrogen and oxygen atoms in total. The number of rotatable bonds is 41. The van der Waals surface area contributed by atoms with Gasteiger partial charge in [-0.25, -0.2) is 4.57 Å². The van der Waals surface area contributed by atoms with Crippen LogP contribution in [0.25, 0.3) is 0 Å². The van der Waals surface area contributed by atoms with Crippen molar-refractivity contribution in [1.82, 2.24) is 5.32 Å². The monoisotopic (exact) mass is 745 g/mol. The number of carbonyl (C=O) groups is 1. The fourth-order valence-corrected chi connectivity index (χ4v) is 7.30. The maximum absolute atomic E-state index is 12.7. The van der Waals surface area contributed by atoms with Gasteiger partial charge >= 0.3 is 7.82 Å². The van der Waals surface area contributed by atoms with E-state index in [9.17, 15) is 19.4 Å². The van der Waals surface area contributed by atoms with Crippen LogP contribution in [0.4, 0.5) is 0 Å². The Kier molecular flexibility index (Phi) is 38.4. The lowest BCUT2D eigenvalue weighted by atomic mass is 10.0. The summed E-state index contributed by atoms with van der Waals surface area (Å²) in [6.45, 7) is 4.16. The molecule has 0 radical (unpaired) electrons. The average Bonchev–Trinajstić information content (AvgIpc) is 3.12. The Balaban J connectivity index is 4.18. The van der Waals surface area contributed by atoms with Crippen LogP contribution >= 0.6 is 7.82 Å². The number of carbonyl (C=O) groups excluding carboxylic acids is 1. The fourth-order valence-electron chi connectivity index (χ4n) is 6.54. The topological polar surface area (TPSA) is 131 Å². The van der Waals surface area contributed by atoms with E-state index in [1.165, 1.54) is 161 Å². The van der Waals surface area contributed by atoms with E-state index < -0.39 is 20.0 Å². The lowest BCUT2D eigenvalue weighted by molar-refractivity contribution is -0.123. The highest BCUT2D eigenvalue weighted by atomic mass is 31.2. The second-order valence-corrected chi connectivity index (χ2v) is 16.4. The van der Waals surface area contributed by atoms with Crippen molar-refractivity contribution in [3.63, 3.8) is 0 Å². The van der Waals surface area contributed by atoms with Gasteiger partial charge in [0, 0.05) is 13.0 Å². The predicted octanol–water partition coefficient (Wildman–Crippen LogP) is 12.0. The maximum atomic E-state index is 12.7. The third-order valence-corrected chi connectivity index (χ3v) is 10.8. The summed E-state index contributed by atoms with van der Waals surface area (Å²) in [7, 11) is -4.33. The quantitative estimate of drug-likeness (QED) is 0.0278. The molecule has 0 aliphatic rings. The van der Waals surface area contributed by atoms with Gasteiger partial charge in [0.15, 0.2) is 0 Å². The van der Waals surface area contributed by atoms with Gasteiger partial charge in [-0.2, -0.15) is 0 Å². The Hall–Kier alpha value is -0.760. The molecule has 0 bridgehead atoms. The molecule has 3 atom stereocenters. The summed E-state index contributed by atoms with van der Waals surface area (Å²) in [6, 6.07) is -0.854. The number of allylic oxidation sites excluding steroid dienone is 1. The third kappa shape index (κ3) is 37.4. The van der Waals surface area contributed by atoms with Gasteiger partial charge in [-0.1, -0.05) is 206 Å². The molecule has 0 spiro atoms. The van der Waals surface area contributed by atoms with E-state index in [2.05, 4.69) is 19.2 Å².